The van der Waals surface area contributed by atoms with Crippen LogP contribution >= 0.6 is 11.6 Å². The number of hydrogen-bond donors (Lipinski definition) is 4. The fraction of sp³-hybridized carbons (Fsp3) is 0.429. The molecule has 0 saturated carbocycles. The van der Waals surface area contributed by atoms with Crippen LogP contribution in [-0.2, 0) is 12.8 Å². The van der Waals surface area contributed by atoms with E-state index in [0.29, 0.717) is 18.1 Å². The summed E-state index contributed by atoms with van der Waals surface area (Å²) in [5, 5.41) is 39.0. The number of benzene rings is 2. The largest absolute Gasteiger partial charge is 0.494 e. The SMILES string of the molecule is CCOc1ccc(Cc2cc(C[C@H](O)[C@@H](O)C[C@H](O)CO)ccc2Cl)cc1. The molecule has 2 aromatic rings. The summed E-state index contributed by atoms with van der Waals surface area (Å²) in [6.07, 6.45) is -2.41. The Labute approximate surface area is 164 Å². The van der Waals surface area contributed by atoms with Crippen molar-refractivity contribution in [1.82, 2.24) is 0 Å². The molecule has 0 heterocycles. The van der Waals surface area contributed by atoms with E-state index in [1.54, 1.807) is 6.07 Å². The van der Waals surface area contributed by atoms with Gasteiger partial charge in [0.15, 0.2) is 0 Å². The first-order valence-corrected chi connectivity index (χ1v) is 9.44. The van der Waals surface area contributed by atoms with Gasteiger partial charge in [0, 0.05) is 17.9 Å². The van der Waals surface area contributed by atoms with Crippen molar-refractivity contribution in [2.75, 3.05) is 13.2 Å². The zero-order valence-corrected chi connectivity index (χ0v) is 16.1. The molecule has 0 amide bonds. The van der Waals surface area contributed by atoms with E-state index in [4.69, 9.17) is 21.4 Å². The number of halogens is 1. The van der Waals surface area contributed by atoms with Crippen molar-refractivity contribution in [3.63, 3.8) is 0 Å². The monoisotopic (exact) mass is 394 g/mol. The summed E-state index contributed by atoms with van der Waals surface area (Å²) in [6, 6.07) is 13.3. The van der Waals surface area contributed by atoms with Crippen molar-refractivity contribution >= 4 is 11.6 Å². The van der Waals surface area contributed by atoms with Crippen LogP contribution in [0.4, 0.5) is 0 Å². The summed E-state index contributed by atoms with van der Waals surface area (Å²) in [4.78, 5) is 0. The first-order valence-electron chi connectivity index (χ1n) is 9.07. The lowest BCUT2D eigenvalue weighted by atomic mass is 9.97. The van der Waals surface area contributed by atoms with Gasteiger partial charge in [-0.05, 0) is 48.2 Å². The molecule has 0 unspecified atom stereocenters. The Balaban J connectivity index is 2.04. The maximum Gasteiger partial charge on any atom is 0.119 e. The van der Waals surface area contributed by atoms with Crippen molar-refractivity contribution < 1.29 is 25.2 Å². The molecule has 27 heavy (non-hydrogen) atoms. The summed E-state index contributed by atoms with van der Waals surface area (Å²) in [6.45, 7) is 2.11. The predicted molar refractivity (Wildman–Crippen MR) is 105 cm³/mol. The Morgan fingerprint density at radius 1 is 0.963 bits per heavy atom. The fourth-order valence-corrected chi connectivity index (χ4v) is 3.05. The van der Waals surface area contributed by atoms with Crippen molar-refractivity contribution in [3.05, 3.63) is 64.2 Å². The van der Waals surface area contributed by atoms with Crippen molar-refractivity contribution in [2.45, 2.75) is 44.5 Å². The predicted octanol–water partition coefficient (Wildman–Crippen LogP) is 2.34. The van der Waals surface area contributed by atoms with Gasteiger partial charge in [-0.3, -0.25) is 0 Å². The minimum Gasteiger partial charge on any atom is -0.494 e. The highest BCUT2D eigenvalue weighted by Gasteiger charge is 2.20. The lowest BCUT2D eigenvalue weighted by Crippen LogP contribution is -2.32. The van der Waals surface area contributed by atoms with Gasteiger partial charge in [0.2, 0.25) is 0 Å². The van der Waals surface area contributed by atoms with Gasteiger partial charge in [-0.1, -0.05) is 35.9 Å². The number of hydrogen-bond acceptors (Lipinski definition) is 5. The molecule has 3 atom stereocenters. The van der Waals surface area contributed by atoms with Gasteiger partial charge < -0.3 is 25.2 Å². The Kier molecular flexibility index (Phi) is 8.54. The second-order valence-electron chi connectivity index (χ2n) is 6.59. The molecule has 6 heteroatoms. The second-order valence-corrected chi connectivity index (χ2v) is 7.00. The summed E-state index contributed by atoms with van der Waals surface area (Å²) in [5.41, 5.74) is 2.85. The van der Waals surface area contributed by atoms with E-state index >= 15 is 0 Å². The van der Waals surface area contributed by atoms with Gasteiger partial charge in [0.05, 0.1) is 31.5 Å². The highest BCUT2D eigenvalue weighted by molar-refractivity contribution is 6.31. The van der Waals surface area contributed by atoms with Gasteiger partial charge >= 0.3 is 0 Å². The average molecular weight is 395 g/mol. The topological polar surface area (TPSA) is 90.2 Å². The minimum absolute atomic E-state index is 0.0791. The number of aliphatic hydroxyl groups excluding tert-OH is 4. The van der Waals surface area contributed by atoms with Crippen LogP contribution in [0.1, 0.15) is 30.0 Å². The fourth-order valence-electron chi connectivity index (χ4n) is 2.87. The molecule has 0 aliphatic carbocycles. The Morgan fingerprint density at radius 3 is 2.26 bits per heavy atom. The normalized spacial score (nSPS) is 14.6. The summed E-state index contributed by atoms with van der Waals surface area (Å²) in [5.74, 6) is 0.822. The zero-order chi connectivity index (χ0) is 19.8. The standard InChI is InChI=1S/C21H27ClO5/c1-2-27-18-6-3-14(4-7-18)9-16-10-15(5-8-19(16)22)11-20(25)21(26)12-17(24)13-23/h3-8,10,17,20-21,23-26H,2,9,11-13H2,1H3/t17-,20-,21-/m0/s1. The third-order valence-electron chi connectivity index (χ3n) is 4.35. The number of ether oxygens (including phenoxy) is 1. The van der Waals surface area contributed by atoms with E-state index in [2.05, 4.69) is 0 Å². The van der Waals surface area contributed by atoms with Crippen LogP contribution < -0.4 is 4.74 Å². The van der Waals surface area contributed by atoms with Crippen LogP contribution in [0.2, 0.25) is 5.02 Å². The molecule has 148 valence electrons. The third-order valence-corrected chi connectivity index (χ3v) is 4.72. The molecule has 0 radical (unpaired) electrons. The second kappa shape index (κ2) is 10.6. The number of aliphatic hydroxyl groups is 4. The molecule has 2 rings (SSSR count). The molecule has 0 bridgehead atoms. The van der Waals surface area contributed by atoms with E-state index in [0.717, 1.165) is 22.4 Å². The van der Waals surface area contributed by atoms with Crippen LogP contribution in [0.3, 0.4) is 0 Å². The minimum atomic E-state index is -1.11. The van der Waals surface area contributed by atoms with Gasteiger partial charge in [0.1, 0.15) is 5.75 Å². The smallest absolute Gasteiger partial charge is 0.119 e. The molecular formula is C21H27ClO5. The highest BCUT2D eigenvalue weighted by Crippen LogP contribution is 2.23. The lowest BCUT2D eigenvalue weighted by molar-refractivity contribution is -0.0228. The molecule has 4 N–H and O–H groups in total. The van der Waals surface area contributed by atoms with E-state index in [9.17, 15) is 15.3 Å². The van der Waals surface area contributed by atoms with Crippen LogP contribution in [0.25, 0.3) is 0 Å². The highest BCUT2D eigenvalue weighted by atomic mass is 35.5. The molecule has 0 spiro atoms. The van der Waals surface area contributed by atoms with Crippen molar-refractivity contribution in [3.8, 4) is 5.75 Å². The van der Waals surface area contributed by atoms with Crippen LogP contribution in [0, 0.1) is 0 Å². The van der Waals surface area contributed by atoms with Gasteiger partial charge in [-0.15, -0.1) is 0 Å². The average Bonchev–Trinajstić information content (AvgIpc) is 2.66. The molecule has 0 aliphatic rings. The molecular weight excluding hydrogens is 368 g/mol. The Morgan fingerprint density at radius 2 is 1.63 bits per heavy atom. The first kappa shape index (κ1) is 21.7. The Bertz CT molecular complexity index is 704. The maximum atomic E-state index is 10.2. The van der Waals surface area contributed by atoms with Crippen LogP contribution in [-0.4, -0.2) is 52.0 Å². The molecule has 2 aromatic carbocycles. The number of rotatable bonds is 10. The zero-order valence-electron chi connectivity index (χ0n) is 15.4. The van der Waals surface area contributed by atoms with Crippen molar-refractivity contribution in [2.24, 2.45) is 0 Å². The van der Waals surface area contributed by atoms with Crippen molar-refractivity contribution in [1.29, 1.82) is 0 Å². The van der Waals surface area contributed by atoms with Crippen LogP contribution in [0.5, 0.6) is 5.75 Å². The van der Waals surface area contributed by atoms with E-state index in [1.165, 1.54) is 0 Å². The molecule has 0 fully saturated rings. The van der Waals surface area contributed by atoms with Gasteiger partial charge in [0.25, 0.3) is 0 Å². The molecule has 5 nitrogen and oxygen atoms in total. The summed E-state index contributed by atoms with van der Waals surface area (Å²) >= 11 is 6.32. The third kappa shape index (κ3) is 6.79. The van der Waals surface area contributed by atoms with Gasteiger partial charge in [-0.25, -0.2) is 0 Å². The molecule has 0 aliphatic heterocycles. The molecule has 0 saturated heterocycles. The lowest BCUT2D eigenvalue weighted by Gasteiger charge is -2.20. The van der Waals surface area contributed by atoms with E-state index in [-0.39, 0.29) is 12.8 Å². The Hall–Kier alpha value is -1.63. The van der Waals surface area contributed by atoms with Crippen LogP contribution in [0.15, 0.2) is 42.5 Å². The first-order chi connectivity index (χ1) is 12.9. The van der Waals surface area contributed by atoms with Gasteiger partial charge in [-0.2, -0.15) is 0 Å². The molecule has 0 aromatic heterocycles. The maximum absolute atomic E-state index is 10.2. The summed E-state index contributed by atoms with van der Waals surface area (Å²) in [7, 11) is 0. The van der Waals surface area contributed by atoms with E-state index < -0.39 is 24.9 Å². The summed E-state index contributed by atoms with van der Waals surface area (Å²) < 4.78 is 5.44. The quantitative estimate of drug-likeness (QED) is 0.496. The van der Waals surface area contributed by atoms with E-state index in [1.807, 2.05) is 43.3 Å².